The molecule has 0 unspecified atom stereocenters. The van der Waals surface area contributed by atoms with Crippen molar-refractivity contribution >= 4 is 32.7 Å². The molecule has 0 N–H and O–H groups in total. The number of furan rings is 1. The van der Waals surface area contributed by atoms with Crippen molar-refractivity contribution in [2.75, 3.05) is 0 Å². The minimum Gasteiger partial charge on any atom is -0.456 e. The quantitative estimate of drug-likeness (QED) is 0.182. The summed E-state index contributed by atoms with van der Waals surface area (Å²) >= 11 is 0. The summed E-state index contributed by atoms with van der Waals surface area (Å²) in [4.78, 5) is 15.4. The Bertz CT molecular complexity index is 3050. The molecule has 0 bridgehead atoms. The van der Waals surface area contributed by atoms with Crippen molar-refractivity contribution in [3.63, 3.8) is 0 Å². The van der Waals surface area contributed by atoms with Crippen molar-refractivity contribution in [2.45, 2.75) is 0 Å². The molecule has 0 spiro atoms. The fourth-order valence-corrected chi connectivity index (χ4v) is 7.98. The highest BCUT2D eigenvalue weighted by molar-refractivity contribution is 6.16. The van der Waals surface area contributed by atoms with Crippen molar-refractivity contribution in [1.29, 1.82) is 0 Å². The van der Waals surface area contributed by atoms with Crippen molar-refractivity contribution in [3.05, 3.63) is 176 Å². The van der Waals surface area contributed by atoms with E-state index in [1.54, 1.807) is 0 Å². The van der Waals surface area contributed by atoms with Crippen LogP contribution in [0.25, 0.3) is 111 Å². The molecule has 0 aliphatic heterocycles. The predicted molar refractivity (Wildman–Crippen MR) is 216 cm³/mol. The maximum atomic E-state index is 6.26. The topological polar surface area (TPSA) is 51.8 Å². The average Bonchev–Trinajstić information content (AvgIpc) is 3.78. The first-order valence-corrected chi connectivity index (χ1v) is 17.9. The van der Waals surface area contributed by atoms with Crippen molar-refractivity contribution in [3.8, 4) is 78.7 Å². The fraction of sp³-hybridized carbons (Fsp3) is 0. The van der Waals surface area contributed by atoms with Crippen LogP contribution >= 0.6 is 0 Å². The number of hydrogen-bond donors (Lipinski definition) is 0. The molecule has 10 aromatic rings. The second-order valence-electron chi connectivity index (χ2n) is 13.6. The van der Waals surface area contributed by atoms with Crippen LogP contribution in [-0.4, -0.2) is 15.0 Å². The molecule has 1 aliphatic carbocycles. The molecule has 246 valence electrons. The number of nitrogens with zero attached hydrogens (tertiary/aromatic N) is 3. The van der Waals surface area contributed by atoms with Crippen LogP contribution in [0.1, 0.15) is 0 Å². The molecular formula is C49H29N3O. The number of hydrogen-bond acceptors (Lipinski definition) is 4. The molecule has 53 heavy (non-hydrogen) atoms. The van der Waals surface area contributed by atoms with E-state index in [1.165, 1.54) is 38.6 Å². The average molecular weight is 676 g/mol. The molecule has 0 amide bonds. The Morgan fingerprint density at radius 2 is 0.887 bits per heavy atom. The molecule has 2 heterocycles. The van der Waals surface area contributed by atoms with Crippen molar-refractivity contribution in [1.82, 2.24) is 15.0 Å². The van der Waals surface area contributed by atoms with Crippen LogP contribution in [0.4, 0.5) is 0 Å². The van der Waals surface area contributed by atoms with Gasteiger partial charge in [-0.15, -0.1) is 0 Å². The number of fused-ring (bicyclic) bond motifs is 6. The van der Waals surface area contributed by atoms with Gasteiger partial charge in [-0.3, -0.25) is 0 Å². The first-order chi connectivity index (χ1) is 26.2. The van der Waals surface area contributed by atoms with Crippen LogP contribution < -0.4 is 0 Å². The van der Waals surface area contributed by atoms with Crippen LogP contribution in [0.5, 0.6) is 0 Å². The van der Waals surface area contributed by atoms with Gasteiger partial charge in [0.2, 0.25) is 0 Å². The maximum absolute atomic E-state index is 6.26. The van der Waals surface area contributed by atoms with Gasteiger partial charge < -0.3 is 4.42 Å². The Morgan fingerprint density at radius 1 is 0.302 bits per heavy atom. The monoisotopic (exact) mass is 675 g/mol. The van der Waals surface area contributed by atoms with E-state index < -0.39 is 0 Å². The van der Waals surface area contributed by atoms with E-state index >= 15 is 0 Å². The first kappa shape index (κ1) is 29.5. The van der Waals surface area contributed by atoms with Gasteiger partial charge in [0.05, 0.1) is 0 Å². The Labute approximate surface area is 305 Å². The Balaban J connectivity index is 1.06. The molecular weight excluding hydrogens is 647 g/mol. The minimum absolute atomic E-state index is 0.600. The zero-order valence-electron chi connectivity index (χ0n) is 28.5. The lowest BCUT2D eigenvalue weighted by Gasteiger charge is -2.11. The molecule has 8 aromatic carbocycles. The lowest BCUT2D eigenvalue weighted by atomic mass is 9.95. The van der Waals surface area contributed by atoms with Crippen LogP contribution in [0.3, 0.4) is 0 Å². The summed E-state index contributed by atoms with van der Waals surface area (Å²) < 4.78 is 6.26. The molecule has 4 nitrogen and oxygen atoms in total. The van der Waals surface area contributed by atoms with Gasteiger partial charge in [0, 0.05) is 27.5 Å². The highest BCUT2D eigenvalue weighted by Gasteiger charge is 2.22. The maximum Gasteiger partial charge on any atom is 0.164 e. The Hall–Kier alpha value is -7.17. The van der Waals surface area contributed by atoms with Crippen LogP contribution in [0, 0.1) is 0 Å². The lowest BCUT2D eigenvalue weighted by molar-refractivity contribution is 0.669. The summed E-state index contributed by atoms with van der Waals surface area (Å²) in [6.45, 7) is 0. The number of benzene rings is 8. The summed E-state index contributed by atoms with van der Waals surface area (Å²) in [6, 6.07) is 61.6. The van der Waals surface area contributed by atoms with Crippen molar-refractivity contribution < 1.29 is 4.42 Å². The molecule has 11 rings (SSSR count). The van der Waals surface area contributed by atoms with Gasteiger partial charge in [-0.25, -0.2) is 15.0 Å². The highest BCUT2D eigenvalue weighted by atomic mass is 16.3. The van der Waals surface area contributed by atoms with E-state index in [0.29, 0.717) is 17.5 Å². The third kappa shape index (κ3) is 4.80. The van der Waals surface area contributed by atoms with E-state index in [4.69, 9.17) is 19.4 Å². The van der Waals surface area contributed by atoms with Gasteiger partial charge >= 0.3 is 0 Å². The van der Waals surface area contributed by atoms with E-state index in [-0.39, 0.29) is 0 Å². The van der Waals surface area contributed by atoms with Gasteiger partial charge in [-0.2, -0.15) is 0 Å². The fourth-order valence-electron chi connectivity index (χ4n) is 7.98. The standard InChI is InChI=1S/C49H29N3O/c1-2-11-30(12-3-1)33-13-8-15-35(27-33)48-50-47(51-49(52-48)41-20-10-22-44-46(41)40-18-6-7-21-43(40)53-44)32-25-23-31(24-26-32)36-28-34-14-9-19-39-37-16-4-5-17-38(37)42(29-36)45(34)39/h1-29H. The summed E-state index contributed by atoms with van der Waals surface area (Å²) in [7, 11) is 0. The third-order valence-corrected chi connectivity index (χ3v) is 10.5. The minimum atomic E-state index is 0.600. The van der Waals surface area contributed by atoms with Gasteiger partial charge in [0.15, 0.2) is 17.5 Å². The number of para-hydroxylation sites is 1. The van der Waals surface area contributed by atoms with E-state index in [2.05, 4.69) is 140 Å². The van der Waals surface area contributed by atoms with Gasteiger partial charge in [-0.1, -0.05) is 146 Å². The molecule has 0 radical (unpaired) electrons. The van der Waals surface area contributed by atoms with Gasteiger partial charge in [0.1, 0.15) is 11.2 Å². The molecule has 0 saturated carbocycles. The first-order valence-electron chi connectivity index (χ1n) is 17.9. The second-order valence-corrected chi connectivity index (χ2v) is 13.6. The van der Waals surface area contributed by atoms with Gasteiger partial charge in [0.25, 0.3) is 0 Å². The molecule has 0 fully saturated rings. The van der Waals surface area contributed by atoms with E-state index in [1.807, 2.05) is 36.4 Å². The lowest BCUT2D eigenvalue weighted by Crippen LogP contribution is -2.00. The predicted octanol–water partition coefficient (Wildman–Crippen LogP) is 12.9. The van der Waals surface area contributed by atoms with E-state index in [9.17, 15) is 0 Å². The largest absolute Gasteiger partial charge is 0.456 e. The van der Waals surface area contributed by atoms with Crippen LogP contribution in [0.15, 0.2) is 180 Å². The van der Waals surface area contributed by atoms with Crippen LogP contribution in [0.2, 0.25) is 0 Å². The summed E-state index contributed by atoms with van der Waals surface area (Å²) in [5, 5.41) is 4.61. The smallest absolute Gasteiger partial charge is 0.164 e. The van der Waals surface area contributed by atoms with Gasteiger partial charge in [-0.05, 0) is 85.6 Å². The Kier molecular flexibility index (Phi) is 6.52. The molecule has 0 atom stereocenters. The number of aromatic nitrogens is 3. The summed E-state index contributed by atoms with van der Waals surface area (Å²) in [6.07, 6.45) is 0. The zero-order chi connectivity index (χ0) is 34.9. The zero-order valence-corrected chi connectivity index (χ0v) is 28.5. The molecule has 0 saturated heterocycles. The SMILES string of the molecule is c1ccc(-c2cccc(-c3nc(-c4ccc(-c5cc6c7c(cccc7c5)-c5ccccc5-6)cc4)nc(-c4cccc5oc6ccccc6c45)n3)c2)cc1. The highest BCUT2D eigenvalue weighted by Crippen LogP contribution is 2.48. The second kappa shape index (κ2) is 11.7. The van der Waals surface area contributed by atoms with E-state index in [0.717, 1.165) is 55.3 Å². The third-order valence-electron chi connectivity index (χ3n) is 10.5. The molecule has 4 heteroatoms. The number of rotatable bonds is 5. The summed E-state index contributed by atoms with van der Waals surface area (Å²) in [5.74, 6) is 1.83. The Morgan fingerprint density at radius 3 is 1.75 bits per heavy atom. The summed E-state index contributed by atoms with van der Waals surface area (Å²) in [5.41, 5.74) is 14.1. The van der Waals surface area contributed by atoms with Crippen molar-refractivity contribution in [2.24, 2.45) is 0 Å². The normalized spacial score (nSPS) is 11.8. The van der Waals surface area contributed by atoms with Crippen LogP contribution in [-0.2, 0) is 0 Å². The molecule has 2 aromatic heterocycles. The molecule has 1 aliphatic rings.